The monoisotopic (exact) mass is 388 g/mol. The van der Waals surface area contributed by atoms with Gasteiger partial charge in [0.15, 0.2) is 0 Å². The fraction of sp³-hybridized carbons (Fsp3) is 0.350. The van der Waals surface area contributed by atoms with Gasteiger partial charge in [-0.1, -0.05) is 23.8 Å². The number of rotatable bonds is 4. The van der Waals surface area contributed by atoms with Crippen molar-refractivity contribution in [2.75, 3.05) is 18.4 Å². The highest BCUT2D eigenvalue weighted by atomic mass is 32.2. The van der Waals surface area contributed by atoms with Crippen molar-refractivity contribution >= 4 is 21.6 Å². The van der Waals surface area contributed by atoms with Crippen LogP contribution in [-0.4, -0.2) is 36.8 Å². The Morgan fingerprint density at radius 1 is 1.04 bits per heavy atom. The van der Waals surface area contributed by atoms with E-state index < -0.39 is 10.0 Å². The number of hydrogen-bond acceptors (Lipinski definition) is 4. The number of phenolic OH excluding ortho intramolecular Hbond substituents is 1. The molecule has 1 aliphatic heterocycles. The number of piperidine rings is 1. The number of anilines is 1. The molecular formula is C20H24N2O4S. The van der Waals surface area contributed by atoms with Crippen LogP contribution in [0.5, 0.6) is 5.75 Å². The van der Waals surface area contributed by atoms with Crippen LogP contribution in [0.4, 0.5) is 5.69 Å². The van der Waals surface area contributed by atoms with E-state index in [1.807, 2.05) is 19.9 Å². The van der Waals surface area contributed by atoms with Crippen molar-refractivity contribution in [2.45, 2.75) is 31.6 Å². The standard InChI is InChI=1S/C20H24N2O4S/c1-14-3-6-17(7-4-14)27(25,26)22-11-9-16(10-12-22)20(24)21-18-8-5-15(2)13-19(18)23/h3-8,13,16,23H,9-12H2,1-2H3,(H,21,24). The largest absolute Gasteiger partial charge is 0.506 e. The van der Waals surface area contributed by atoms with E-state index in [0.29, 0.717) is 31.6 Å². The fourth-order valence-electron chi connectivity index (χ4n) is 3.20. The average molecular weight is 388 g/mol. The Morgan fingerprint density at radius 3 is 2.22 bits per heavy atom. The smallest absolute Gasteiger partial charge is 0.243 e. The minimum atomic E-state index is -3.54. The number of carbonyl (C=O) groups excluding carboxylic acids is 1. The second-order valence-electron chi connectivity index (χ2n) is 7.00. The first-order valence-electron chi connectivity index (χ1n) is 8.94. The molecule has 2 aromatic rings. The van der Waals surface area contributed by atoms with Crippen molar-refractivity contribution < 1.29 is 18.3 Å². The Balaban J connectivity index is 1.62. The lowest BCUT2D eigenvalue weighted by molar-refractivity contribution is -0.120. The summed E-state index contributed by atoms with van der Waals surface area (Å²) in [7, 11) is -3.54. The molecule has 1 saturated heterocycles. The van der Waals surface area contributed by atoms with Crippen LogP contribution in [-0.2, 0) is 14.8 Å². The molecule has 2 N–H and O–H groups in total. The molecule has 0 atom stereocenters. The zero-order valence-corrected chi connectivity index (χ0v) is 16.3. The van der Waals surface area contributed by atoms with Crippen molar-refractivity contribution in [3.8, 4) is 5.75 Å². The molecule has 2 aromatic carbocycles. The molecule has 1 heterocycles. The van der Waals surface area contributed by atoms with Crippen LogP contribution >= 0.6 is 0 Å². The zero-order chi connectivity index (χ0) is 19.6. The number of sulfonamides is 1. The Bertz CT molecular complexity index is 931. The van der Waals surface area contributed by atoms with Crippen LogP contribution in [0, 0.1) is 19.8 Å². The van der Waals surface area contributed by atoms with Crippen molar-refractivity contribution in [1.29, 1.82) is 0 Å². The first kappa shape index (κ1) is 19.4. The quantitative estimate of drug-likeness (QED) is 0.788. The molecule has 0 radical (unpaired) electrons. The van der Waals surface area contributed by atoms with Crippen molar-refractivity contribution in [1.82, 2.24) is 4.31 Å². The predicted octanol–water partition coefficient (Wildman–Crippen LogP) is 3.05. The third kappa shape index (κ3) is 4.31. The van der Waals surface area contributed by atoms with E-state index in [0.717, 1.165) is 11.1 Å². The number of nitrogens with zero attached hydrogens (tertiary/aromatic N) is 1. The van der Waals surface area contributed by atoms with Gasteiger partial charge in [-0.2, -0.15) is 4.31 Å². The molecule has 27 heavy (non-hydrogen) atoms. The van der Waals surface area contributed by atoms with E-state index in [-0.39, 0.29) is 22.5 Å². The van der Waals surface area contributed by atoms with Crippen molar-refractivity contribution in [3.05, 3.63) is 53.6 Å². The van der Waals surface area contributed by atoms with Crippen LogP contribution in [0.2, 0.25) is 0 Å². The summed E-state index contributed by atoms with van der Waals surface area (Å²) in [5.41, 5.74) is 2.28. The molecule has 1 fully saturated rings. The summed E-state index contributed by atoms with van der Waals surface area (Å²) in [6, 6.07) is 11.9. The number of amides is 1. The van der Waals surface area contributed by atoms with E-state index in [1.165, 1.54) is 4.31 Å². The number of hydrogen-bond donors (Lipinski definition) is 2. The van der Waals surface area contributed by atoms with Gasteiger partial charge < -0.3 is 10.4 Å². The second kappa shape index (κ2) is 7.70. The molecule has 1 aliphatic rings. The van der Waals surface area contributed by atoms with Gasteiger partial charge >= 0.3 is 0 Å². The van der Waals surface area contributed by atoms with E-state index >= 15 is 0 Å². The third-order valence-corrected chi connectivity index (χ3v) is 6.81. The van der Waals surface area contributed by atoms with Gasteiger partial charge in [-0.25, -0.2) is 8.42 Å². The van der Waals surface area contributed by atoms with E-state index in [2.05, 4.69) is 5.32 Å². The maximum Gasteiger partial charge on any atom is 0.243 e. The molecule has 0 spiro atoms. The average Bonchev–Trinajstić information content (AvgIpc) is 2.64. The number of benzene rings is 2. The van der Waals surface area contributed by atoms with E-state index in [1.54, 1.807) is 36.4 Å². The lowest BCUT2D eigenvalue weighted by atomic mass is 9.97. The molecule has 0 bridgehead atoms. The summed E-state index contributed by atoms with van der Waals surface area (Å²) in [6.07, 6.45) is 0.896. The highest BCUT2D eigenvalue weighted by Gasteiger charge is 2.32. The minimum absolute atomic E-state index is 0.0303. The summed E-state index contributed by atoms with van der Waals surface area (Å²) in [4.78, 5) is 12.8. The Kier molecular flexibility index (Phi) is 5.53. The summed E-state index contributed by atoms with van der Waals surface area (Å²) < 4.78 is 26.9. The Morgan fingerprint density at radius 2 is 1.63 bits per heavy atom. The number of nitrogens with one attached hydrogen (secondary N) is 1. The van der Waals surface area contributed by atoms with Gasteiger partial charge in [0, 0.05) is 19.0 Å². The summed E-state index contributed by atoms with van der Waals surface area (Å²) >= 11 is 0. The Labute approximate surface area is 159 Å². The maximum atomic E-state index is 12.7. The highest BCUT2D eigenvalue weighted by molar-refractivity contribution is 7.89. The van der Waals surface area contributed by atoms with Gasteiger partial charge in [0.05, 0.1) is 10.6 Å². The minimum Gasteiger partial charge on any atom is -0.506 e. The van der Waals surface area contributed by atoms with E-state index in [4.69, 9.17) is 0 Å². The van der Waals surface area contributed by atoms with Gasteiger partial charge in [0.2, 0.25) is 15.9 Å². The van der Waals surface area contributed by atoms with Crippen LogP contribution in [0.25, 0.3) is 0 Å². The molecule has 0 aromatic heterocycles. The van der Waals surface area contributed by atoms with Crippen LogP contribution in [0.1, 0.15) is 24.0 Å². The van der Waals surface area contributed by atoms with Crippen molar-refractivity contribution in [3.63, 3.8) is 0 Å². The molecule has 6 nitrogen and oxygen atoms in total. The molecule has 0 aliphatic carbocycles. The fourth-order valence-corrected chi connectivity index (χ4v) is 4.67. The van der Waals surface area contributed by atoms with Crippen LogP contribution < -0.4 is 5.32 Å². The molecular weight excluding hydrogens is 364 g/mol. The molecule has 0 unspecified atom stereocenters. The highest BCUT2D eigenvalue weighted by Crippen LogP contribution is 2.28. The number of phenols is 1. The molecule has 1 amide bonds. The van der Waals surface area contributed by atoms with Crippen LogP contribution in [0.15, 0.2) is 47.4 Å². The van der Waals surface area contributed by atoms with E-state index in [9.17, 15) is 18.3 Å². The van der Waals surface area contributed by atoms with Gasteiger partial charge in [0.1, 0.15) is 5.75 Å². The molecule has 0 saturated carbocycles. The second-order valence-corrected chi connectivity index (χ2v) is 8.94. The first-order valence-corrected chi connectivity index (χ1v) is 10.4. The number of aromatic hydroxyl groups is 1. The maximum absolute atomic E-state index is 12.7. The summed E-state index contributed by atoms with van der Waals surface area (Å²) in [6.45, 7) is 4.37. The lowest BCUT2D eigenvalue weighted by Gasteiger charge is -2.30. The molecule has 7 heteroatoms. The normalized spacial score (nSPS) is 16.2. The van der Waals surface area contributed by atoms with Gasteiger partial charge in [-0.05, 0) is 56.5 Å². The summed E-state index contributed by atoms with van der Waals surface area (Å²) in [5, 5.41) is 12.7. The van der Waals surface area contributed by atoms with Crippen molar-refractivity contribution in [2.24, 2.45) is 5.92 Å². The first-order chi connectivity index (χ1) is 12.8. The molecule has 144 valence electrons. The Hall–Kier alpha value is -2.38. The van der Waals surface area contributed by atoms with Gasteiger partial charge in [-0.15, -0.1) is 0 Å². The van der Waals surface area contributed by atoms with Crippen LogP contribution in [0.3, 0.4) is 0 Å². The topological polar surface area (TPSA) is 86.7 Å². The lowest BCUT2D eigenvalue weighted by Crippen LogP contribution is -2.41. The SMILES string of the molecule is Cc1ccc(S(=O)(=O)N2CCC(C(=O)Nc3ccc(C)cc3O)CC2)cc1. The number of aryl methyl sites for hydroxylation is 2. The van der Waals surface area contributed by atoms with Gasteiger partial charge in [-0.3, -0.25) is 4.79 Å². The third-order valence-electron chi connectivity index (χ3n) is 4.89. The van der Waals surface area contributed by atoms with Gasteiger partial charge in [0.25, 0.3) is 0 Å². The molecule has 3 rings (SSSR count). The number of carbonyl (C=O) groups is 1. The zero-order valence-electron chi connectivity index (χ0n) is 15.5. The summed E-state index contributed by atoms with van der Waals surface area (Å²) in [5.74, 6) is -0.445. The predicted molar refractivity (Wildman–Crippen MR) is 104 cm³/mol.